The lowest BCUT2D eigenvalue weighted by atomic mass is 10.1. The van der Waals surface area contributed by atoms with E-state index in [2.05, 4.69) is 35.5 Å². The van der Waals surface area contributed by atoms with E-state index in [1.54, 1.807) is 12.3 Å². The minimum Gasteiger partial charge on any atom is -0.400 e. The van der Waals surface area contributed by atoms with Gasteiger partial charge in [0.1, 0.15) is 22.9 Å². The van der Waals surface area contributed by atoms with Gasteiger partial charge in [0, 0.05) is 44.9 Å². The van der Waals surface area contributed by atoms with Crippen LogP contribution in [0.5, 0.6) is 0 Å². The molecule has 4 aromatic rings. The number of aromatic nitrogens is 5. The third-order valence-corrected chi connectivity index (χ3v) is 5.93. The summed E-state index contributed by atoms with van der Waals surface area (Å²) < 4.78 is 31.5. The number of aliphatic hydroxyl groups excluding tert-OH is 1. The lowest BCUT2D eigenvalue weighted by molar-refractivity contribution is 0.399. The molecule has 0 amide bonds. The standard InChI is InChI=1S/C24H26F2N8.CH4O/c1-14(2)34-15(3)30-23-18(25)10-16(11-20(23)34)22-19(26)13-29-24(32-22)31-21-5-4-17(12-28-21)33-8-6-27-7-9-33;1-2/h4-5,10-14,27H,6-9H2,1-3H3,(H,28,29,31,32);2H,1H3. The molecule has 0 atom stereocenters. The van der Waals surface area contributed by atoms with Gasteiger partial charge >= 0.3 is 0 Å². The van der Waals surface area contributed by atoms with E-state index in [1.807, 2.05) is 37.5 Å². The van der Waals surface area contributed by atoms with Crippen molar-refractivity contribution in [1.29, 1.82) is 0 Å². The van der Waals surface area contributed by atoms with Crippen molar-refractivity contribution in [2.75, 3.05) is 43.5 Å². The Balaban J connectivity index is 0.00000148. The van der Waals surface area contributed by atoms with E-state index in [1.165, 1.54) is 6.07 Å². The highest BCUT2D eigenvalue weighted by molar-refractivity contribution is 5.83. The Hall–Kier alpha value is -3.70. The van der Waals surface area contributed by atoms with Gasteiger partial charge in [0.15, 0.2) is 11.6 Å². The van der Waals surface area contributed by atoms with Gasteiger partial charge in [-0.25, -0.2) is 28.7 Å². The number of aryl methyl sites for hydroxylation is 1. The van der Waals surface area contributed by atoms with Gasteiger partial charge in [-0.3, -0.25) is 0 Å². The molecule has 190 valence electrons. The van der Waals surface area contributed by atoms with Crippen molar-refractivity contribution >= 4 is 28.5 Å². The molecule has 0 unspecified atom stereocenters. The number of rotatable bonds is 5. The van der Waals surface area contributed by atoms with Gasteiger partial charge in [-0.1, -0.05) is 0 Å². The lowest BCUT2D eigenvalue weighted by Crippen LogP contribution is -2.43. The number of fused-ring (bicyclic) bond motifs is 1. The summed E-state index contributed by atoms with van der Waals surface area (Å²) in [5.74, 6) is 0.243. The van der Waals surface area contributed by atoms with Gasteiger partial charge in [0.25, 0.3) is 0 Å². The molecular weight excluding hydrogens is 466 g/mol. The Labute approximate surface area is 208 Å². The molecule has 11 heteroatoms. The first-order chi connectivity index (χ1) is 17.4. The predicted molar refractivity (Wildman–Crippen MR) is 137 cm³/mol. The normalized spacial score (nSPS) is 13.6. The average Bonchev–Trinajstić information content (AvgIpc) is 3.24. The van der Waals surface area contributed by atoms with Crippen molar-refractivity contribution in [3.8, 4) is 11.3 Å². The van der Waals surface area contributed by atoms with Gasteiger partial charge in [0.2, 0.25) is 5.95 Å². The van der Waals surface area contributed by atoms with Gasteiger partial charge in [-0.15, -0.1) is 0 Å². The smallest absolute Gasteiger partial charge is 0.229 e. The summed E-state index contributed by atoms with van der Waals surface area (Å²) in [6.45, 7) is 9.54. The van der Waals surface area contributed by atoms with Gasteiger partial charge in [0.05, 0.1) is 23.6 Å². The molecule has 1 aliphatic heterocycles. The number of halogens is 2. The molecule has 3 aromatic heterocycles. The number of piperazine rings is 1. The third kappa shape index (κ3) is 5.12. The highest BCUT2D eigenvalue weighted by Gasteiger charge is 2.18. The molecule has 3 N–H and O–H groups in total. The maximum absolute atomic E-state index is 14.9. The van der Waals surface area contributed by atoms with E-state index in [0.717, 1.165) is 45.2 Å². The number of nitrogens with zero attached hydrogens (tertiary/aromatic N) is 6. The van der Waals surface area contributed by atoms with Gasteiger partial charge in [-0.05, 0) is 45.0 Å². The molecule has 4 heterocycles. The van der Waals surface area contributed by atoms with Crippen LogP contribution in [-0.2, 0) is 0 Å². The van der Waals surface area contributed by atoms with Crippen LogP contribution in [0.1, 0.15) is 25.7 Å². The minimum absolute atomic E-state index is 0.00453. The second-order valence-corrected chi connectivity index (χ2v) is 8.60. The molecule has 0 radical (unpaired) electrons. The molecule has 0 bridgehead atoms. The van der Waals surface area contributed by atoms with Crippen LogP contribution in [0, 0.1) is 18.6 Å². The zero-order chi connectivity index (χ0) is 25.8. The number of pyridine rings is 1. The fourth-order valence-electron chi connectivity index (χ4n) is 4.37. The summed E-state index contributed by atoms with van der Waals surface area (Å²) in [4.78, 5) is 19.4. The van der Waals surface area contributed by atoms with Gasteiger partial charge in [-0.2, -0.15) is 0 Å². The molecule has 0 saturated carbocycles. The van der Waals surface area contributed by atoms with Crippen molar-refractivity contribution in [1.82, 2.24) is 29.8 Å². The lowest BCUT2D eigenvalue weighted by Gasteiger charge is -2.29. The SMILES string of the molecule is CO.Cc1nc2c(F)cc(-c3nc(Nc4ccc(N5CCNCC5)cn4)ncc3F)cc2n1C(C)C. The van der Waals surface area contributed by atoms with Gasteiger partial charge < -0.3 is 25.2 Å². The first kappa shape index (κ1) is 25.4. The van der Waals surface area contributed by atoms with E-state index in [9.17, 15) is 8.78 Å². The highest BCUT2D eigenvalue weighted by Crippen LogP contribution is 2.30. The minimum atomic E-state index is -0.640. The quantitative estimate of drug-likeness (QED) is 0.383. The first-order valence-corrected chi connectivity index (χ1v) is 11.7. The molecule has 1 fully saturated rings. The highest BCUT2D eigenvalue weighted by atomic mass is 19.1. The number of hydrogen-bond acceptors (Lipinski definition) is 8. The molecule has 0 aliphatic carbocycles. The summed E-state index contributed by atoms with van der Waals surface area (Å²) in [7, 11) is 1.00. The summed E-state index contributed by atoms with van der Waals surface area (Å²) >= 11 is 0. The molecule has 0 spiro atoms. The van der Waals surface area contributed by atoms with E-state index in [-0.39, 0.29) is 23.2 Å². The topological polar surface area (TPSA) is 104 Å². The number of imidazole rings is 1. The van der Waals surface area contributed by atoms with Crippen LogP contribution >= 0.6 is 0 Å². The third-order valence-electron chi connectivity index (χ3n) is 5.93. The Kier molecular flexibility index (Phi) is 7.70. The molecule has 5 rings (SSSR count). The molecule has 1 aromatic carbocycles. The van der Waals surface area contributed by atoms with Crippen molar-refractivity contribution in [2.24, 2.45) is 0 Å². The van der Waals surface area contributed by atoms with Crippen LogP contribution < -0.4 is 15.5 Å². The second kappa shape index (κ2) is 10.9. The number of anilines is 3. The summed E-state index contributed by atoms with van der Waals surface area (Å²) in [6, 6.07) is 6.86. The zero-order valence-electron chi connectivity index (χ0n) is 20.8. The fraction of sp³-hybridized carbons (Fsp3) is 0.360. The van der Waals surface area contributed by atoms with Crippen molar-refractivity contribution in [2.45, 2.75) is 26.8 Å². The van der Waals surface area contributed by atoms with Crippen LogP contribution in [-0.4, -0.2) is 62.9 Å². The average molecular weight is 497 g/mol. The Morgan fingerprint density at radius 2 is 1.75 bits per heavy atom. The van der Waals surface area contributed by atoms with Crippen LogP contribution in [0.15, 0.2) is 36.7 Å². The predicted octanol–water partition coefficient (Wildman–Crippen LogP) is 3.82. The largest absolute Gasteiger partial charge is 0.400 e. The van der Waals surface area contributed by atoms with Crippen LogP contribution in [0.2, 0.25) is 0 Å². The number of hydrogen-bond donors (Lipinski definition) is 3. The number of nitrogens with one attached hydrogen (secondary N) is 2. The Morgan fingerprint density at radius 3 is 2.42 bits per heavy atom. The molecule has 9 nitrogen and oxygen atoms in total. The van der Waals surface area contributed by atoms with Crippen LogP contribution in [0.3, 0.4) is 0 Å². The molecule has 1 saturated heterocycles. The van der Waals surface area contributed by atoms with E-state index in [0.29, 0.717) is 22.7 Å². The van der Waals surface area contributed by atoms with Crippen molar-refractivity contribution in [3.05, 3.63) is 54.1 Å². The molecule has 1 aliphatic rings. The maximum atomic E-state index is 14.9. The summed E-state index contributed by atoms with van der Waals surface area (Å²) in [6.07, 6.45) is 2.86. The monoisotopic (exact) mass is 496 g/mol. The summed E-state index contributed by atoms with van der Waals surface area (Å²) in [5.41, 5.74) is 2.21. The number of aliphatic hydroxyl groups is 1. The van der Waals surface area contributed by atoms with E-state index in [4.69, 9.17) is 5.11 Å². The zero-order valence-corrected chi connectivity index (χ0v) is 20.8. The van der Waals surface area contributed by atoms with Crippen molar-refractivity contribution < 1.29 is 13.9 Å². The van der Waals surface area contributed by atoms with Crippen molar-refractivity contribution in [3.63, 3.8) is 0 Å². The van der Waals surface area contributed by atoms with Crippen LogP contribution in [0.25, 0.3) is 22.3 Å². The number of benzene rings is 1. The van der Waals surface area contributed by atoms with E-state index < -0.39 is 11.6 Å². The maximum Gasteiger partial charge on any atom is 0.229 e. The Bertz CT molecular complexity index is 1330. The molecular formula is C25H30F2N8O. The first-order valence-electron chi connectivity index (χ1n) is 11.7. The molecule has 36 heavy (non-hydrogen) atoms. The fourth-order valence-corrected chi connectivity index (χ4v) is 4.37. The Morgan fingerprint density at radius 1 is 1.00 bits per heavy atom. The van der Waals surface area contributed by atoms with E-state index >= 15 is 0 Å². The summed E-state index contributed by atoms with van der Waals surface area (Å²) in [5, 5.41) is 13.3. The van der Waals surface area contributed by atoms with Crippen LogP contribution in [0.4, 0.5) is 26.2 Å². The second-order valence-electron chi connectivity index (χ2n) is 8.60.